The van der Waals surface area contributed by atoms with Gasteiger partial charge in [0.25, 0.3) is 11.3 Å². The zero-order valence-corrected chi connectivity index (χ0v) is 13.2. The minimum Gasteiger partial charge on any atom is -0.481 e. The fourth-order valence-electron chi connectivity index (χ4n) is 3.51. The van der Waals surface area contributed by atoms with Gasteiger partial charge in [-0.3, -0.25) is 19.6 Å². The van der Waals surface area contributed by atoms with Gasteiger partial charge in [0.05, 0.1) is 11.1 Å². The summed E-state index contributed by atoms with van der Waals surface area (Å²) in [5, 5.41) is 12.4. The Balaban J connectivity index is 1.81. The van der Waals surface area contributed by atoms with E-state index in [1.54, 1.807) is 0 Å². The van der Waals surface area contributed by atoms with Crippen LogP contribution in [-0.4, -0.2) is 48.6 Å². The Hall–Kier alpha value is -2.22. The van der Waals surface area contributed by atoms with E-state index in [-0.39, 0.29) is 5.56 Å². The van der Waals surface area contributed by atoms with Crippen molar-refractivity contribution < 1.29 is 9.90 Å². The molecule has 1 saturated heterocycles. The number of aromatic nitrogens is 4. The van der Waals surface area contributed by atoms with Crippen LogP contribution in [0.15, 0.2) is 17.2 Å². The van der Waals surface area contributed by atoms with E-state index in [0.29, 0.717) is 37.4 Å². The minimum absolute atomic E-state index is 0.211. The first-order chi connectivity index (χ1) is 11.0. The van der Waals surface area contributed by atoms with Crippen LogP contribution >= 0.6 is 0 Å². The molecule has 1 aliphatic heterocycles. The Labute approximate surface area is 133 Å². The zero-order valence-electron chi connectivity index (χ0n) is 13.2. The summed E-state index contributed by atoms with van der Waals surface area (Å²) < 4.78 is 1.28. The van der Waals surface area contributed by atoms with E-state index >= 15 is 0 Å². The van der Waals surface area contributed by atoms with E-state index in [4.69, 9.17) is 0 Å². The van der Waals surface area contributed by atoms with Gasteiger partial charge in [0, 0.05) is 19.2 Å². The van der Waals surface area contributed by atoms with Gasteiger partial charge in [-0.25, -0.2) is 9.97 Å². The van der Waals surface area contributed by atoms with Gasteiger partial charge in [-0.15, -0.1) is 0 Å². The molecule has 23 heavy (non-hydrogen) atoms. The van der Waals surface area contributed by atoms with Gasteiger partial charge in [0.2, 0.25) is 0 Å². The molecule has 2 N–H and O–H groups in total. The second-order valence-corrected chi connectivity index (χ2v) is 6.26. The topological polar surface area (TPSA) is 104 Å². The summed E-state index contributed by atoms with van der Waals surface area (Å²) in [6.07, 6.45) is 4.49. The first-order valence-electron chi connectivity index (χ1n) is 7.92. The summed E-state index contributed by atoms with van der Waals surface area (Å²) in [4.78, 5) is 34.2. The first-order valence-corrected chi connectivity index (χ1v) is 7.92. The second kappa shape index (κ2) is 6.11. The third kappa shape index (κ3) is 2.98. The van der Waals surface area contributed by atoms with Crippen LogP contribution in [0.3, 0.4) is 0 Å². The molecule has 2 aromatic rings. The van der Waals surface area contributed by atoms with Crippen LogP contribution in [0.2, 0.25) is 0 Å². The maximum Gasteiger partial charge on any atom is 0.310 e. The predicted octanol–water partition coefficient (Wildman–Crippen LogP) is 0.884. The molecule has 0 unspecified atom stereocenters. The molecule has 0 spiro atoms. The number of aliphatic carboxylic acids is 1. The van der Waals surface area contributed by atoms with Crippen LogP contribution in [0.5, 0.6) is 0 Å². The summed E-state index contributed by atoms with van der Waals surface area (Å²) in [6.45, 7) is 3.80. The molecule has 0 aliphatic carbocycles. The first kappa shape index (κ1) is 15.7. The number of carboxylic acid groups (broad SMARTS) is 1. The number of hydrogen-bond acceptors (Lipinski definition) is 5. The molecule has 0 aromatic carbocycles. The lowest BCUT2D eigenvalue weighted by atomic mass is 9.76. The lowest BCUT2D eigenvalue weighted by Gasteiger charge is -2.39. The summed E-state index contributed by atoms with van der Waals surface area (Å²) in [6, 6.07) is 1.47. The van der Waals surface area contributed by atoms with E-state index in [1.165, 1.54) is 16.9 Å². The van der Waals surface area contributed by atoms with E-state index in [1.807, 2.05) is 6.92 Å². The van der Waals surface area contributed by atoms with Crippen molar-refractivity contribution in [2.75, 3.05) is 13.1 Å². The van der Waals surface area contributed by atoms with Gasteiger partial charge < -0.3 is 5.11 Å². The minimum atomic E-state index is -0.722. The summed E-state index contributed by atoms with van der Waals surface area (Å²) >= 11 is 0. The van der Waals surface area contributed by atoms with Crippen LogP contribution < -0.4 is 5.56 Å². The summed E-state index contributed by atoms with van der Waals surface area (Å²) in [5.41, 5.74) is -0.268. The van der Waals surface area contributed by atoms with Crippen molar-refractivity contribution in [2.45, 2.75) is 39.2 Å². The molecular formula is C15H21N5O3. The van der Waals surface area contributed by atoms with E-state index in [2.05, 4.69) is 20.0 Å². The van der Waals surface area contributed by atoms with E-state index in [0.717, 1.165) is 19.4 Å². The number of carbonyl (C=O) groups is 1. The van der Waals surface area contributed by atoms with Gasteiger partial charge in [-0.2, -0.15) is 4.52 Å². The lowest BCUT2D eigenvalue weighted by molar-refractivity contribution is -0.153. The number of H-pyrrole nitrogens is 1. The van der Waals surface area contributed by atoms with Crippen molar-refractivity contribution in [1.29, 1.82) is 0 Å². The SMILES string of the molecule is CCC[C@@]1(C(=O)O)CCCN(Cc2cc(=O)n3[nH]cnc3n2)C1. The zero-order chi connectivity index (χ0) is 16.4. The van der Waals surface area contributed by atoms with Gasteiger partial charge in [-0.1, -0.05) is 13.3 Å². The average Bonchev–Trinajstić information content (AvgIpc) is 2.96. The number of aromatic amines is 1. The molecule has 8 heteroatoms. The highest BCUT2D eigenvalue weighted by Crippen LogP contribution is 2.35. The van der Waals surface area contributed by atoms with Crippen LogP contribution in [0.25, 0.3) is 5.78 Å². The number of hydrogen-bond donors (Lipinski definition) is 2. The highest BCUT2D eigenvalue weighted by molar-refractivity contribution is 5.75. The van der Waals surface area contributed by atoms with Crippen molar-refractivity contribution in [3.05, 3.63) is 28.4 Å². The van der Waals surface area contributed by atoms with Gasteiger partial charge in [0.15, 0.2) is 0 Å². The number of nitrogens with one attached hydrogen (secondary N) is 1. The monoisotopic (exact) mass is 319 g/mol. The third-order valence-electron chi connectivity index (χ3n) is 4.54. The molecule has 124 valence electrons. The normalized spacial score (nSPS) is 22.5. The molecule has 3 rings (SSSR count). The van der Waals surface area contributed by atoms with E-state index < -0.39 is 11.4 Å². The van der Waals surface area contributed by atoms with Crippen LogP contribution in [0.4, 0.5) is 0 Å². The molecule has 2 aromatic heterocycles. The molecule has 1 aliphatic rings. The van der Waals surface area contributed by atoms with Crippen molar-refractivity contribution in [3.8, 4) is 0 Å². The fourth-order valence-corrected chi connectivity index (χ4v) is 3.51. The smallest absolute Gasteiger partial charge is 0.310 e. The number of fused-ring (bicyclic) bond motifs is 1. The maximum absolute atomic E-state index is 12.0. The van der Waals surface area contributed by atoms with Crippen molar-refractivity contribution in [2.24, 2.45) is 5.41 Å². The van der Waals surface area contributed by atoms with Gasteiger partial charge in [0.1, 0.15) is 6.33 Å². The number of rotatable bonds is 5. The summed E-state index contributed by atoms with van der Waals surface area (Å²) in [7, 11) is 0. The van der Waals surface area contributed by atoms with Crippen LogP contribution in [0.1, 0.15) is 38.3 Å². The van der Waals surface area contributed by atoms with E-state index in [9.17, 15) is 14.7 Å². The Bertz CT molecular complexity index is 764. The highest BCUT2D eigenvalue weighted by atomic mass is 16.4. The lowest BCUT2D eigenvalue weighted by Crippen LogP contribution is -2.47. The Morgan fingerprint density at radius 1 is 1.52 bits per heavy atom. The molecule has 3 heterocycles. The predicted molar refractivity (Wildman–Crippen MR) is 83.1 cm³/mol. The Morgan fingerprint density at radius 2 is 2.35 bits per heavy atom. The molecule has 0 saturated carbocycles. The number of nitrogens with zero attached hydrogens (tertiary/aromatic N) is 4. The van der Waals surface area contributed by atoms with Crippen molar-refractivity contribution >= 4 is 11.7 Å². The van der Waals surface area contributed by atoms with Crippen LogP contribution in [-0.2, 0) is 11.3 Å². The molecular weight excluding hydrogens is 298 g/mol. The largest absolute Gasteiger partial charge is 0.481 e. The maximum atomic E-state index is 12.0. The Morgan fingerprint density at radius 3 is 3.09 bits per heavy atom. The average molecular weight is 319 g/mol. The molecule has 0 amide bonds. The standard InChI is InChI=1S/C15H21N5O3/c1-2-4-15(13(22)23)5-3-6-19(9-15)8-11-7-12(21)20-14(18-11)16-10-17-20/h7,10H,2-6,8-9H2,1H3,(H,22,23)(H,16,17,18)/t15-/m1/s1. The molecule has 1 fully saturated rings. The number of likely N-dealkylation sites (tertiary alicyclic amines) is 1. The third-order valence-corrected chi connectivity index (χ3v) is 4.54. The highest BCUT2D eigenvalue weighted by Gasteiger charge is 2.41. The van der Waals surface area contributed by atoms with Crippen molar-refractivity contribution in [3.63, 3.8) is 0 Å². The number of carboxylic acids is 1. The molecule has 8 nitrogen and oxygen atoms in total. The quantitative estimate of drug-likeness (QED) is 0.848. The molecule has 1 atom stereocenters. The fraction of sp³-hybridized carbons (Fsp3) is 0.600. The summed E-state index contributed by atoms with van der Waals surface area (Å²) in [5.74, 6) is -0.387. The molecule has 0 radical (unpaired) electrons. The Kier molecular flexibility index (Phi) is 4.16. The van der Waals surface area contributed by atoms with Gasteiger partial charge >= 0.3 is 5.97 Å². The van der Waals surface area contributed by atoms with Gasteiger partial charge in [-0.05, 0) is 25.8 Å². The molecule has 0 bridgehead atoms. The van der Waals surface area contributed by atoms with Crippen LogP contribution in [0, 0.1) is 5.41 Å². The second-order valence-electron chi connectivity index (χ2n) is 6.26. The van der Waals surface area contributed by atoms with Crippen molar-refractivity contribution in [1.82, 2.24) is 24.5 Å². The number of piperidine rings is 1.